The fraction of sp³-hybridized carbons (Fsp3) is 0.381. The van der Waals surface area contributed by atoms with E-state index in [1.54, 1.807) is 18.2 Å². The lowest BCUT2D eigenvalue weighted by Gasteiger charge is -2.26. The van der Waals surface area contributed by atoms with E-state index in [4.69, 9.17) is 30.5 Å². The smallest absolute Gasteiger partial charge is 0.258 e. The number of halogens is 1. The number of sulfonamides is 1. The normalized spacial score (nSPS) is 14.6. The molecule has 11 heteroatoms. The summed E-state index contributed by atoms with van der Waals surface area (Å²) in [7, 11) is -0.603. The maximum absolute atomic E-state index is 12.7. The number of ether oxygens (including phenoxy) is 4. The minimum Gasteiger partial charge on any atom is -0.496 e. The molecule has 1 heterocycles. The highest BCUT2D eigenvalue weighted by Crippen LogP contribution is 2.30. The maximum atomic E-state index is 12.7. The molecule has 1 aliphatic rings. The molecule has 0 aromatic heterocycles. The van der Waals surface area contributed by atoms with E-state index in [1.807, 2.05) is 0 Å². The molecule has 0 aliphatic carbocycles. The number of hydrogen-bond donors (Lipinski definition) is 1. The van der Waals surface area contributed by atoms with Crippen LogP contribution in [0.5, 0.6) is 17.2 Å². The van der Waals surface area contributed by atoms with Gasteiger partial charge in [-0.15, -0.1) is 0 Å². The second-order valence-electron chi connectivity index (χ2n) is 6.82. The van der Waals surface area contributed by atoms with Crippen molar-refractivity contribution in [3.63, 3.8) is 0 Å². The molecule has 2 aromatic rings. The van der Waals surface area contributed by atoms with Crippen molar-refractivity contribution in [3.05, 3.63) is 47.0 Å². The van der Waals surface area contributed by atoms with E-state index in [0.29, 0.717) is 30.3 Å². The van der Waals surface area contributed by atoms with Crippen LogP contribution < -0.4 is 19.5 Å². The summed E-state index contributed by atoms with van der Waals surface area (Å²) in [5.41, 5.74) is 0.696. The topological polar surface area (TPSA) is 103 Å². The predicted octanol–water partition coefficient (Wildman–Crippen LogP) is 2.07. The van der Waals surface area contributed by atoms with E-state index in [-0.39, 0.29) is 47.8 Å². The molecule has 32 heavy (non-hydrogen) atoms. The summed E-state index contributed by atoms with van der Waals surface area (Å²) in [6.07, 6.45) is 0. The Kier molecular flexibility index (Phi) is 8.19. The van der Waals surface area contributed by atoms with Gasteiger partial charge in [0.15, 0.2) is 6.61 Å². The number of carbonyl (C=O) groups excluding carboxylic acids is 1. The number of nitrogens with zero attached hydrogens (tertiary/aromatic N) is 1. The van der Waals surface area contributed by atoms with Crippen LogP contribution in [0.1, 0.15) is 5.56 Å². The molecule has 0 bridgehead atoms. The molecule has 0 saturated carbocycles. The summed E-state index contributed by atoms with van der Waals surface area (Å²) in [6, 6.07) is 9.49. The maximum Gasteiger partial charge on any atom is 0.258 e. The molecule has 9 nitrogen and oxygen atoms in total. The van der Waals surface area contributed by atoms with Crippen LogP contribution in [0.15, 0.2) is 41.3 Å². The van der Waals surface area contributed by atoms with Crippen molar-refractivity contribution in [2.45, 2.75) is 11.4 Å². The Hall–Kier alpha value is -2.53. The van der Waals surface area contributed by atoms with Gasteiger partial charge in [-0.25, -0.2) is 8.42 Å². The number of nitrogens with one attached hydrogen (secondary N) is 1. The zero-order valence-corrected chi connectivity index (χ0v) is 19.4. The summed E-state index contributed by atoms with van der Waals surface area (Å²) in [6.45, 7) is 1.16. The van der Waals surface area contributed by atoms with Crippen molar-refractivity contribution >= 4 is 27.5 Å². The average Bonchev–Trinajstić information content (AvgIpc) is 2.82. The van der Waals surface area contributed by atoms with Gasteiger partial charge in [0.2, 0.25) is 10.0 Å². The molecule has 0 spiro atoms. The molecule has 1 aliphatic heterocycles. The van der Waals surface area contributed by atoms with Gasteiger partial charge in [0.25, 0.3) is 5.91 Å². The summed E-state index contributed by atoms with van der Waals surface area (Å²) in [5.74, 6) is 0.994. The lowest BCUT2D eigenvalue weighted by molar-refractivity contribution is -0.123. The highest BCUT2D eigenvalue weighted by Gasteiger charge is 2.27. The van der Waals surface area contributed by atoms with Crippen LogP contribution >= 0.6 is 11.6 Å². The van der Waals surface area contributed by atoms with Crippen LogP contribution in [-0.2, 0) is 26.1 Å². The third-order valence-electron chi connectivity index (χ3n) is 4.86. The van der Waals surface area contributed by atoms with Crippen molar-refractivity contribution in [2.75, 3.05) is 47.1 Å². The van der Waals surface area contributed by atoms with Gasteiger partial charge in [0, 0.05) is 13.1 Å². The van der Waals surface area contributed by atoms with Gasteiger partial charge in [0.05, 0.1) is 49.5 Å². The van der Waals surface area contributed by atoms with E-state index in [0.717, 1.165) is 0 Å². The number of hydrogen-bond acceptors (Lipinski definition) is 7. The minimum atomic E-state index is -3.67. The molecule has 3 rings (SSSR count). The number of morpholine rings is 1. The molecule has 0 radical (unpaired) electrons. The van der Waals surface area contributed by atoms with Gasteiger partial charge in [-0.3, -0.25) is 4.79 Å². The van der Waals surface area contributed by atoms with Crippen LogP contribution in [0.25, 0.3) is 0 Å². The van der Waals surface area contributed by atoms with Gasteiger partial charge in [-0.1, -0.05) is 17.7 Å². The number of carbonyl (C=O) groups is 1. The molecular weight excluding hydrogens is 460 g/mol. The monoisotopic (exact) mass is 484 g/mol. The molecule has 0 unspecified atom stereocenters. The second-order valence-corrected chi connectivity index (χ2v) is 9.16. The standard InChI is InChI=1S/C21H25ClN2O7S/c1-28-18-4-3-5-19(29-2)16(18)13-23-21(25)14-31-20-7-6-15(12-17(20)22)32(26,27)24-8-10-30-11-9-24/h3-7,12H,8-11,13-14H2,1-2H3,(H,23,25). The quantitative estimate of drug-likeness (QED) is 0.581. The summed E-state index contributed by atoms with van der Waals surface area (Å²) < 4.78 is 48.1. The molecule has 2 aromatic carbocycles. The van der Waals surface area contributed by atoms with E-state index in [2.05, 4.69) is 5.32 Å². The zero-order valence-electron chi connectivity index (χ0n) is 17.8. The number of rotatable bonds is 9. The Balaban J connectivity index is 1.60. The van der Waals surface area contributed by atoms with E-state index < -0.39 is 10.0 Å². The van der Waals surface area contributed by atoms with E-state index in [9.17, 15) is 13.2 Å². The molecule has 1 N–H and O–H groups in total. The van der Waals surface area contributed by atoms with Crippen molar-refractivity contribution < 1.29 is 32.2 Å². The number of benzene rings is 2. The first kappa shape index (κ1) is 24.1. The fourth-order valence-electron chi connectivity index (χ4n) is 3.18. The van der Waals surface area contributed by atoms with Crippen LogP contribution in [-0.4, -0.2) is 65.8 Å². The van der Waals surface area contributed by atoms with Gasteiger partial charge in [-0.2, -0.15) is 4.31 Å². The SMILES string of the molecule is COc1cccc(OC)c1CNC(=O)COc1ccc(S(=O)(=O)N2CCOCC2)cc1Cl. The Labute approximate surface area is 192 Å². The molecule has 0 atom stereocenters. The van der Waals surface area contributed by atoms with Crippen LogP contribution in [0.4, 0.5) is 0 Å². The Morgan fingerprint density at radius 1 is 1.09 bits per heavy atom. The van der Waals surface area contributed by atoms with Gasteiger partial charge in [-0.05, 0) is 30.3 Å². The Bertz CT molecular complexity index is 1030. The minimum absolute atomic E-state index is 0.0597. The van der Waals surface area contributed by atoms with Gasteiger partial charge >= 0.3 is 0 Å². The fourth-order valence-corrected chi connectivity index (χ4v) is 4.91. The van der Waals surface area contributed by atoms with E-state index in [1.165, 1.54) is 36.7 Å². The van der Waals surface area contributed by atoms with Crippen molar-refractivity contribution in [1.82, 2.24) is 9.62 Å². The zero-order chi connectivity index (χ0) is 23.1. The van der Waals surface area contributed by atoms with Gasteiger partial charge in [0.1, 0.15) is 17.2 Å². The van der Waals surface area contributed by atoms with Crippen molar-refractivity contribution in [2.24, 2.45) is 0 Å². The lowest BCUT2D eigenvalue weighted by atomic mass is 10.1. The average molecular weight is 485 g/mol. The third kappa shape index (κ3) is 5.63. The third-order valence-corrected chi connectivity index (χ3v) is 7.05. The Morgan fingerprint density at radius 2 is 1.75 bits per heavy atom. The molecule has 1 amide bonds. The molecule has 1 fully saturated rings. The first-order valence-electron chi connectivity index (χ1n) is 9.83. The first-order valence-corrected chi connectivity index (χ1v) is 11.7. The summed E-state index contributed by atoms with van der Waals surface area (Å²) in [5, 5.41) is 2.83. The van der Waals surface area contributed by atoms with Crippen molar-refractivity contribution in [3.8, 4) is 17.2 Å². The summed E-state index contributed by atoms with van der Waals surface area (Å²) in [4.78, 5) is 12.3. The largest absolute Gasteiger partial charge is 0.496 e. The molecule has 174 valence electrons. The van der Waals surface area contributed by atoms with E-state index >= 15 is 0 Å². The van der Waals surface area contributed by atoms with Crippen molar-refractivity contribution in [1.29, 1.82) is 0 Å². The second kappa shape index (κ2) is 10.9. The number of methoxy groups -OCH3 is 2. The molecule has 1 saturated heterocycles. The lowest BCUT2D eigenvalue weighted by Crippen LogP contribution is -2.40. The first-order chi connectivity index (χ1) is 15.4. The highest BCUT2D eigenvalue weighted by atomic mass is 35.5. The van der Waals surface area contributed by atoms with Crippen LogP contribution in [0.2, 0.25) is 5.02 Å². The summed E-state index contributed by atoms with van der Waals surface area (Å²) >= 11 is 6.21. The molecular formula is C21H25ClN2O7S. The predicted molar refractivity (Wildman–Crippen MR) is 118 cm³/mol. The number of amides is 1. The van der Waals surface area contributed by atoms with Gasteiger partial charge < -0.3 is 24.3 Å². The highest BCUT2D eigenvalue weighted by molar-refractivity contribution is 7.89. The van der Waals surface area contributed by atoms with Crippen LogP contribution in [0, 0.1) is 0 Å². The Morgan fingerprint density at radius 3 is 2.34 bits per heavy atom. The van der Waals surface area contributed by atoms with Crippen LogP contribution in [0.3, 0.4) is 0 Å².